The minimum atomic E-state index is -0.982. The van der Waals surface area contributed by atoms with Crippen LogP contribution in [0.3, 0.4) is 0 Å². The van der Waals surface area contributed by atoms with Crippen LogP contribution in [0.2, 0.25) is 0 Å². The summed E-state index contributed by atoms with van der Waals surface area (Å²) in [4.78, 5) is 26.0. The summed E-state index contributed by atoms with van der Waals surface area (Å²) in [5.41, 5.74) is -0.177. The molecule has 0 aromatic heterocycles. The fraction of sp³-hybridized carbons (Fsp3) is 0.875. The Hall–Kier alpha value is -1.13. The molecule has 3 atom stereocenters. The number of carbonyl (C=O) groups excluding carboxylic acids is 2. The number of alkyl halides is 1. The van der Waals surface area contributed by atoms with E-state index in [0.29, 0.717) is 6.42 Å². The van der Waals surface area contributed by atoms with Crippen LogP contribution < -0.4 is 0 Å². The lowest BCUT2D eigenvalue weighted by Crippen LogP contribution is -2.47. The second-order valence-electron chi connectivity index (χ2n) is 7.34. The van der Waals surface area contributed by atoms with Gasteiger partial charge in [-0.25, -0.2) is 4.39 Å². The Morgan fingerprint density at radius 2 is 1.90 bits per heavy atom. The van der Waals surface area contributed by atoms with Gasteiger partial charge in [0, 0.05) is 12.5 Å². The van der Waals surface area contributed by atoms with Crippen LogP contribution in [0.25, 0.3) is 0 Å². The molecule has 1 aliphatic rings. The van der Waals surface area contributed by atoms with Crippen molar-refractivity contribution in [3.05, 3.63) is 0 Å². The second-order valence-corrected chi connectivity index (χ2v) is 7.34. The zero-order valence-electron chi connectivity index (χ0n) is 14.0. The van der Waals surface area contributed by atoms with Gasteiger partial charge in [0.2, 0.25) is 5.91 Å². The molecular formula is C16H28FNO3. The number of hydrogen-bond acceptors (Lipinski definition) is 3. The molecule has 0 saturated carbocycles. The first kappa shape index (κ1) is 17.9. The Morgan fingerprint density at radius 3 is 2.33 bits per heavy atom. The van der Waals surface area contributed by atoms with Gasteiger partial charge in [-0.1, -0.05) is 34.6 Å². The molecule has 0 aliphatic carbocycles. The molecule has 122 valence electrons. The minimum absolute atomic E-state index is 0.0101. The molecule has 0 spiro atoms. The SMILES string of the molecule is COC(=O)CC(C(=O)N1CC(F)CC1C(C)(C)C)C(C)C. The molecule has 4 nitrogen and oxygen atoms in total. The molecule has 3 unspecified atom stereocenters. The Kier molecular flexibility index (Phi) is 5.76. The molecule has 1 fully saturated rings. The topological polar surface area (TPSA) is 46.6 Å². The number of likely N-dealkylation sites (tertiary alicyclic amines) is 1. The monoisotopic (exact) mass is 301 g/mol. The van der Waals surface area contributed by atoms with E-state index in [-0.39, 0.29) is 36.2 Å². The highest BCUT2D eigenvalue weighted by atomic mass is 19.1. The standard InChI is InChI=1S/C16H28FNO3/c1-10(2)12(8-14(19)21-6)15(20)18-9-11(17)7-13(18)16(3,4)5/h10-13H,7-9H2,1-6H3. The van der Waals surface area contributed by atoms with Gasteiger partial charge in [-0.05, 0) is 11.3 Å². The van der Waals surface area contributed by atoms with E-state index in [1.165, 1.54) is 7.11 Å². The van der Waals surface area contributed by atoms with Gasteiger partial charge >= 0.3 is 5.97 Å². The van der Waals surface area contributed by atoms with Gasteiger partial charge in [-0.3, -0.25) is 9.59 Å². The van der Waals surface area contributed by atoms with Crippen LogP contribution >= 0.6 is 0 Å². The summed E-state index contributed by atoms with van der Waals surface area (Å²) in [5, 5.41) is 0. The van der Waals surface area contributed by atoms with E-state index in [1.54, 1.807) is 4.90 Å². The third-order valence-corrected chi connectivity index (χ3v) is 4.27. The number of amides is 1. The van der Waals surface area contributed by atoms with E-state index in [0.717, 1.165) is 0 Å². The minimum Gasteiger partial charge on any atom is -0.469 e. The summed E-state index contributed by atoms with van der Waals surface area (Å²) < 4.78 is 18.5. The summed E-state index contributed by atoms with van der Waals surface area (Å²) in [6, 6.07) is -0.126. The lowest BCUT2D eigenvalue weighted by Gasteiger charge is -2.37. The lowest BCUT2D eigenvalue weighted by atomic mass is 9.83. The molecule has 1 rings (SSSR count). The predicted molar refractivity (Wildman–Crippen MR) is 79.4 cm³/mol. The van der Waals surface area contributed by atoms with Crippen LogP contribution in [-0.2, 0) is 14.3 Å². The maximum Gasteiger partial charge on any atom is 0.306 e. The van der Waals surface area contributed by atoms with Gasteiger partial charge in [0.25, 0.3) is 0 Å². The number of nitrogens with zero attached hydrogens (tertiary/aromatic N) is 1. The van der Waals surface area contributed by atoms with Gasteiger partial charge < -0.3 is 9.64 Å². The first-order chi connectivity index (χ1) is 9.57. The summed E-state index contributed by atoms with van der Waals surface area (Å²) in [6.45, 7) is 9.98. The van der Waals surface area contributed by atoms with Crippen molar-refractivity contribution in [1.82, 2.24) is 4.90 Å². The third-order valence-electron chi connectivity index (χ3n) is 4.27. The zero-order valence-corrected chi connectivity index (χ0v) is 14.0. The van der Waals surface area contributed by atoms with Crippen molar-refractivity contribution in [3.8, 4) is 0 Å². The van der Waals surface area contributed by atoms with Crippen molar-refractivity contribution in [2.75, 3.05) is 13.7 Å². The fourth-order valence-corrected chi connectivity index (χ4v) is 2.93. The van der Waals surface area contributed by atoms with E-state index in [4.69, 9.17) is 0 Å². The van der Waals surface area contributed by atoms with Gasteiger partial charge in [-0.2, -0.15) is 0 Å². The van der Waals surface area contributed by atoms with Crippen LogP contribution in [-0.4, -0.2) is 42.6 Å². The van der Waals surface area contributed by atoms with Gasteiger partial charge in [0.15, 0.2) is 0 Å². The molecular weight excluding hydrogens is 273 g/mol. The number of hydrogen-bond donors (Lipinski definition) is 0. The van der Waals surface area contributed by atoms with E-state index in [2.05, 4.69) is 4.74 Å². The average molecular weight is 301 g/mol. The third kappa shape index (κ3) is 4.42. The van der Waals surface area contributed by atoms with Crippen LogP contribution in [0.4, 0.5) is 4.39 Å². The summed E-state index contributed by atoms with van der Waals surface area (Å²) in [7, 11) is 1.32. The molecule has 1 aliphatic heterocycles. The number of carbonyl (C=O) groups is 2. The molecule has 5 heteroatoms. The lowest BCUT2D eigenvalue weighted by molar-refractivity contribution is -0.149. The maximum atomic E-state index is 13.8. The molecule has 0 aromatic rings. The second kappa shape index (κ2) is 6.75. The summed E-state index contributed by atoms with van der Waals surface area (Å²) in [5.74, 6) is -0.968. The van der Waals surface area contributed by atoms with E-state index < -0.39 is 18.1 Å². The number of halogens is 1. The quantitative estimate of drug-likeness (QED) is 0.750. The normalized spacial score (nSPS) is 24.3. The van der Waals surface area contributed by atoms with Crippen molar-refractivity contribution in [2.45, 2.75) is 59.7 Å². The first-order valence-electron chi connectivity index (χ1n) is 7.59. The van der Waals surface area contributed by atoms with Crippen molar-refractivity contribution in [3.63, 3.8) is 0 Å². The van der Waals surface area contributed by atoms with Crippen LogP contribution in [0.5, 0.6) is 0 Å². The van der Waals surface area contributed by atoms with Crippen LogP contribution in [0.1, 0.15) is 47.5 Å². The highest BCUT2D eigenvalue weighted by Crippen LogP contribution is 2.36. The van der Waals surface area contributed by atoms with E-state index in [9.17, 15) is 14.0 Å². The molecule has 0 aromatic carbocycles. The Labute approximate surface area is 127 Å². The van der Waals surface area contributed by atoms with Crippen molar-refractivity contribution in [1.29, 1.82) is 0 Å². The Bertz CT molecular complexity index is 389. The van der Waals surface area contributed by atoms with E-state index >= 15 is 0 Å². The largest absolute Gasteiger partial charge is 0.469 e. The number of ether oxygens (including phenoxy) is 1. The highest BCUT2D eigenvalue weighted by molar-refractivity contribution is 5.84. The van der Waals surface area contributed by atoms with Gasteiger partial charge in [0.1, 0.15) is 6.17 Å². The number of rotatable bonds is 4. The highest BCUT2D eigenvalue weighted by Gasteiger charge is 2.44. The van der Waals surface area contributed by atoms with Crippen LogP contribution in [0.15, 0.2) is 0 Å². The fourth-order valence-electron chi connectivity index (χ4n) is 2.93. The molecule has 0 bridgehead atoms. The Morgan fingerprint density at radius 1 is 1.33 bits per heavy atom. The molecule has 0 radical (unpaired) electrons. The van der Waals surface area contributed by atoms with Gasteiger partial charge in [0.05, 0.1) is 26.0 Å². The molecule has 1 saturated heterocycles. The first-order valence-corrected chi connectivity index (χ1v) is 7.59. The Balaban J connectivity index is 2.94. The van der Waals surface area contributed by atoms with Crippen LogP contribution in [0, 0.1) is 17.3 Å². The zero-order chi connectivity index (χ0) is 16.4. The molecule has 0 N–H and O–H groups in total. The molecule has 1 heterocycles. The van der Waals surface area contributed by atoms with Gasteiger partial charge in [-0.15, -0.1) is 0 Å². The van der Waals surface area contributed by atoms with Crippen molar-refractivity contribution in [2.24, 2.45) is 17.3 Å². The van der Waals surface area contributed by atoms with Crippen molar-refractivity contribution >= 4 is 11.9 Å². The predicted octanol–water partition coefficient (Wildman–Crippen LogP) is 2.81. The molecule has 21 heavy (non-hydrogen) atoms. The van der Waals surface area contributed by atoms with E-state index in [1.807, 2.05) is 34.6 Å². The smallest absolute Gasteiger partial charge is 0.306 e. The summed E-state index contributed by atoms with van der Waals surface area (Å²) >= 11 is 0. The summed E-state index contributed by atoms with van der Waals surface area (Å²) in [6.07, 6.45) is -0.556. The van der Waals surface area contributed by atoms with Crippen molar-refractivity contribution < 1.29 is 18.7 Å². The number of esters is 1. The number of methoxy groups -OCH3 is 1. The molecule has 1 amide bonds. The maximum absolute atomic E-state index is 13.8. The average Bonchev–Trinajstić information content (AvgIpc) is 2.76.